The summed E-state index contributed by atoms with van der Waals surface area (Å²) in [4.78, 5) is 3.14. The Bertz CT molecular complexity index is 446. The second-order valence-electron chi connectivity index (χ2n) is 2.97. The first-order valence-electron chi connectivity index (χ1n) is 4.13. The molecule has 0 saturated carbocycles. The van der Waals surface area contributed by atoms with Crippen LogP contribution in [0.1, 0.15) is 11.1 Å². The van der Waals surface area contributed by atoms with Gasteiger partial charge in [0.05, 0.1) is 0 Å². The predicted octanol–water partition coefficient (Wildman–Crippen LogP) is 4.34. The molecule has 0 atom stereocenters. The highest BCUT2D eigenvalue weighted by molar-refractivity contribution is 14.1. The van der Waals surface area contributed by atoms with Gasteiger partial charge in [0.15, 0.2) is 0 Å². The average Bonchev–Trinajstić information content (AvgIpc) is 2.13. The van der Waals surface area contributed by atoms with Crippen molar-refractivity contribution >= 4 is 34.2 Å². The monoisotopic (exact) mass is 405 g/mol. The van der Waals surface area contributed by atoms with E-state index < -0.39 is 24.0 Å². The Kier molecular flexibility index (Phi) is 4.57. The van der Waals surface area contributed by atoms with E-state index in [1.165, 1.54) is 22.6 Å². The minimum Gasteiger partial charge on any atom is -0.387 e. The predicted molar refractivity (Wildman–Crippen MR) is 58.2 cm³/mol. The number of alkyl halides is 7. The standard InChI is InChI=1S/C8H3ClF6INO/c9-2-3-1-4(7(10,11)12)6(17-5(3)16)18-8(13,14)15/h1H,2H2. The van der Waals surface area contributed by atoms with Crippen LogP contribution >= 0.6 is 34.2 Å². The molecule has 0 saturated heterocycles. The van der Waals surface area contributed by atoms with Crippen molar-refractivity contribution in [2.24, 2.45) is 0 Å². The van der Waals surface area contributed by atoms with Crippen molar-refractivity contribution in [2.75, 3.05) is 0 Å². The highest BCUT2D eigenvalue weighted by atomic mass is 127. The van der Waals surface area contributed by atoms with E-state index in [-0.39, 0.29) is 15.1 Å². The zero-order valence-electron chi connectivity index (χ0n) is 8.16. The van der Waals surface area contributed by atoms with Gasteiger partial charge in [-0.05, 0) is 34.2 Å². The third-order valence-electron chi connectivity index (χ3n) is 1.68. The van der Waals surface area contributed by atoms with Gasteiger partial charge >= 0.3 is 12.5 Å². The summed E-state index contributed by atoms with van der Waals surface area (Å²) < 4.78 is 76.7. The van der Waals surface area contributed by atoms with E-state index in [0.29, 0.717) is 6.07 Å². The van der Waals surface area contributed by atoms with Crippen LogP contribution in [-0.4, -0.2) is 11.3 Å². The van der Waals surface area contributed by atoms with Crippen molar-refractivity contribution in [1.82, 2.24) is 4.98 Å². The van der Waals surface area contributed by atoms with Gasteiger partial charge in [0.25, 0.3) is 0 Å². The second kappa shape index (κ2) is 5.27. The van der Waals surface area contributed by atoms with E-state index in [1.807, 2.05) is 0 Å². The molecule has 1 aromatic heterocycles. The summed E-state index contributed by atoms with van der Waals surface area (Å²) in [6.45, 7) is 0. The van der Waals surface area contributed by atoms with Gasteiger partial charge < -0.3 is 4.74 Å². The van der Waals surface area contributed by atoms with Crippen LogP contribution in [0.4, 0.5) is 26.3 Å². The first kappa shape index (κ1) is 15.6. The van der Waals surface area contributed by atoms with Crippen LogP contribution in [0.15, 0.2) is 6.07 Å². The highest BCUT2D eigenvalue weighted by Crippen LogP contribution is 2.38. The molecule has 102 valence electrons. The number of halogens is 8. The molecule has 0 N–H and O–H groups in total. The lowest BCUT2D eigenvalue weighted by atomic mass is 10.2. The van der Waals surface area contributed by atoms with Gasteiger partial charge in [0.2, 0.25) is 5.88 Å². The molecular weight excluding hydrogens is 402 g/mol. The number of pyridine rings is 1. The van der Waals surface area contributed by atoms with Gasteiger partial charge in [-0.2, -0.15) is 13.2 Å². The fourth-order valence-corrected chi connectivity index (χ4v) is 2.00. The molecule has 1 rings (SSSR count). The highest BCUT2D eigenvalue weighted by Gasteiger charge is 2.41. The Morgan fingerprint density at radius 2 is 1.78 bits per heavy atom. The molecule has 0 amide bonds. The molecule has 0 radical (unpaired) electrons. The van der Waals surface area contributed by atoms with Crippen molar-refractivity contribution in [3.8, 4) is 5.88 Å². The van der Waals surface area contributed by atoms with Crippen LogP contribution in [0.25, 0.3) is 0 Å². The van der Waals surface area contributed by atoms with Crippen LogP contribution in [0, 0.1) is 3.70 Å². The Labute approximate surface area is 115 Å². The molecule has 0 aromatic carbocycles. The molecule has 0 bridgehead atoms. The van der Waals surface area contributed by atoms with Crippen LogP contribution in [-0.2, 0) is 12.1 Å². The van der Waals surface area contributed by atoms with Crippen LogP contribution < -0.4 is 4.74 Å². The molecule has 1 heterocycles. The number of nitrogens with zero attached hydrogens (tertiary/aromatic N) is 1. The first-order valence-corrected chi connectivity index (χ1v) is 5.74. The van der Waals surface area contributed by atoms with Gasteiger partial charge in [-0.1, -0.05) is 0 Å². The minimum absolute atomic E-state index is 0.0286. The molecule has 0 unspecified atom stereocenters. The molecular formula is C8H3ClF6INO. The van der Waals surface area contributed by atoms with E-state index in [1.54, 1.807) is 0 Å². The summed E-state index contributed by atoms with van der Waals surface area (Å²) in [6, 6.07) is 0.489. The molecule has 18 heavy (non-hydrogen) atoms. The number of hydrogen-bond donors (Lipinski definition) is 0. The first-order chi connectivity index (χ1) is 8.04. The van der Waals surface area contributed by atoms with Crippen LogP contribution in [0.5, 0.6) is 5.88 Å². The Hall–Kier alpha value is -0.450. The zero-order valence-corrected chi connectivity index (χ0v) is 11.1. The van der Waals surface area contributed by atoms with E-state index in [9.17, 15) is 26.3 Å². The number of rotatable bonds is 2. The number of ether oxygens (including phenoxy) is 1. The van der Waals surface area contributed by atoms with E-state index in [0.717, 1.165) is 0 Å². The van der Waals surface area contributed by atoms with Crippen molar-refractivity contribution in [3.05, 3.63) is 20.9 Å². The fourth-order valence-electron chi connectivity index (χ4n) is 1.00. The fraction of sp³-hybridized carbons (Fsp3) is 0.375. The van der Waals surface area contributed by atoms with Gasteiger partial charge in [0, 0.05) is 5.88 Å². The third kappa shape index (κ3) is 4.04. The van der Waals surface area contributed by atoms with E-state index >= 15 is 0 Å². The third-order valence-corrected chi connectivity index (χ3v) is 2.90. The van der Waals surface area contributed by atoms with Crippen LogP contribution in [0.3, 0.4) is 0 Å². The summed E-state index contributed by atoms with van der Waals surface area (Å²) in [5.74, 6) is -1.84. The Balaban J connectivity index is 3.35. The number of aromatic nitrogens is 1. The normalized spacial score (nSPS) is 12.7. The van der Waals surface area contributed by atoms with Crippen molar-refractivity contribution < 1.29 is 31.1 Å². The summed E-state index contributed by atoms with van der Waals surface area (Å²) >= 11 is 6.84. The SMILES string of the molecule is FC(F)(F)Oc1nc(I)c(CCl)cc1C(F)(F)F. The van der Waals surface area contributed by atoms with Gasteiger partial charge in [-0.15, -0.1) is 24.8 Å². The maximum Gasteiger partial charge on any atom is 0.574 e. The summed E-state index contributed by atoms with van der Waals surface area (Å²) in [5, 5.41) is 0. The molecule has 0 aliphatic rings. The molecule has 0 aliphatic heterocycles. The van der Waals surface area contributed by atoms with Gasteiger partial charge in [0.1, 0.15) is 9.26 Å². The molecule has 2 nitrogen and oxygen atoms in total. The summed E-state index contributed by atoms with van der Waals surface area (Å²) in [6.07, 6.45) is -10.3. The van der Waals surface area contributed by atoms with Crippen molar-refractivity contribution in [1.29, 1.82) is 0 Å². The largest absolute Gasteiger partial charge is 0.574 e. The van der Waals surface area contributed by atoms with Crippen LogP contribution in [0.2, 0.25) is 0 Å². The zero-order chi connectivity index (χ0) is 14.1. The molecule has 0 fully saturated rings. The summed E-state index contributed by atoms with van der Waals surface area (Å²) in [5.41, 5.74) is -1.64. The maximum absolute atomic E-state index is 12.5. The van der Waals surface area contributed by atoms with Crippen molar-refractivity contribution in [3.63, 3.8) is 0 Å². The van der Waals surface area contributed by atoms with E-state index in [2.05, 4.69) is 9.72 Å². The quantitative estimate of drug-likeness (QED) is 0.316. The summed E-state index contributed by atoms with van der Waals surface area (Å²) in [7, 11) is 0. The minimum atomic E-state index is -5.25. The molecule has 0 aliphatic carbocycles. The Morgan fingerprint density at radius 3 is 2.17 bits per heavy atom. The van der Waals surface area contributed by atoms with Gasteiger partial charge in [-0.3, -0.25) is 0 Å². The van der Waals surface area contributed by atoms with Crippen molar-refractivity contribution in [2.45, 2.75) is 18.4 Å². The molecule has 1 aromatic rings. The second-order valence-corrected chi connectivity index (χ2v) is 4.26. The maximum atomic E-state index is 12.5. The smallest absolute Gasteiger partial charge is 0.387 e. The lowest BCUT2D eigenvalue weighted by Gasteiger charge is -2.15. The lowest BCUT2D eigenvalue weighted by Crippen LogP contribution is -2.21. The van der Waals surface area contributed by atoms with E-state index in [4.69, 9.17) is 11.6 Å². The Morgan fingerprint density at radius 1 is 1.22 bits per heavy atom. The molecule has 10 heteroatoms. The van der Waals surface area contributed by atoms with Gasteiger partial charge in [-0.25, -0.2) is 4.98 Å². The molecule has 0 spiro atoms. The lowest BCUT2D eigenvalue weighted by molar-refractivity contribution is -0.278. The topological polar surface area (TPSA) is 22.1 Å². The average molecular weight is 405 g/mol. The number of hydrogen-bond acceptors (Lipinski definition) is 2.